The first-order valence-corrected chi connectivity index (χ1v) is 9.55. The number of benzene rings is 1. The summed E-state index contributed by atoms with van der Waals surface area (Å²) in [4.78, 5) is 35.9. The molecule has 11 heteroatoms. The van der Waals surface area contributed by atoms with Crippen LogP contribution in [0.3, 0.4) is 0 Å². The van der Waals surface area contributed by atoms with Gasteiger partial charge in [-0.25, -0.2) is 4.79 Å². The van der Waals surface area contributed by atoms with E-state index in [1.165, 1.54) is 29.8 Å². The molecule has 0 spiro atoms. The van der Waals surface area contributed by atoms with Crippen LogP contribution in [0.5, 0.6) is 5.75 Å². The number of nitro benzene ring substituents is 1. The second-order valence-electron chi connectivity index (χ2n) is 6.71. The summed E-state index contributed by atoms with van der Waals surface area (Å²) < 4.78 is 8.00. The molecule has 30 heavy (non-hydrogen) atoms. The second-order valence-corrected chi connectivity index (χ2v) is 6.71. The molecule has 2 aromatic rings. The molecule has 0 unspecified atom stereocenters. The molecule has 0 aliphatic carbocycles. The van der Waals surface area contributed by atoms with Gasteiger partial charge in [0.05, 0.1) is 18.1 Å². The minimum absolute atomic E-state index is 0.00752. The summed E-state index contributed by atoms with van der Waals surface area (Å²) in [6.45, 7) is 2.68. The van der Waals surface area contributed by atoms with Crippen molar-refractivity contribution in [2.75, 3.05) is 44.7 Å². The zero-order valence-corrected chi connectivity index (χ0v) is 17.1. The Morgan fingerprint density at radius 2 is 1.83 bits per heavy atom. The first kappa shape index (κ1) is 23.1. The van der Waals surface area contributed by atoms with Crippen molar-refractivity contribution in [3.05, 3.63) is 61.3 Å². The van der Waals surface area contributed by atoms with Crippen LogP contribution in [0.1, 0.15) is 6.42 Å². The number of hydrogen-bond acceptors (Lipinski definition) is 8. The van der Waals surface area contributed by atoms with Gasteiger partial charge >= 0.3 is 5.69 Å². The van der Waals surface area contributed by atoms with Gasteiger partial charge in [0.15, 0.2) is 0 Å². The molecule has 0 aliphatic heterocycles. The largest absolute Gasteiger partial charge is 0.494 e. The zero-order chi connectivity index (χ0) is 22.1. The van der Waals surface area contributed by atoms with Crippen LogP contribution in [0.2, 0.25) is 0 Å². The van der Waals surface area contributed by atoms with Gasteiger partial charge in [-0.05, 0) is 18.6 Å². The van der Waals surface area contributed by atoms with Crippen LogP contribution in [0.25, 0.3) is 0 Å². The van der Waals surface area contributed by atoms with Crippen molar-refractivity contribution in [1.29, 1.82) is 0 Å². The third-order valence-corrected chi connectivity index (χ3v) is 4.61. The third-order valence-electron chi connectivity index (χ3n) is 4.61. The van der Waals surface area contributed by atoms with E-state index < -0.39 is 10.6 Å². The molecule has 0 atom stereocenters. The first-order valence-electron chi connectivity index (χ1n) is 9.55. The fourth-order valence-electron chi connectivity index (χ4n) is 2.86. The molecule has 2 N–H and O–H groups in total. The van der Waals surface area contributed by atoms with Crippen LogP contribution in [0.4, 0.5) is 11.5 Å². The number of nitro groups is 1. The van der Waals surface area contributed by atoms with Crippen molar-refractivity contribution >= 4 is 11.5 Å². The highest BCUT2D eigenvalue weighted by atomic mass is 16.6. The van der Waals surface area contributed by atoms with Crippen molar-refractivity contribution in [3.8, 4) is 5.75 Å². The summed E-state index contributed by atoms with van der Waals surface area (Å²) in [7, 11) is 3.02. The summed E-state index contributed by atoms with van der Waals surface area (Å²) in [5.41, 5.74) is -0.769. The standard InChI is InChI=1S/C19H27N5O6/c1-21-17(14-18(26)22(2)19(21)27)20-8-10-23(11-12-25)9-3-13-30-16-6-4-15(5-7-16)24(28)29/h4-7,14,20,25H,3,8-13H2,1-2H3. The summed E-state index contributed by atoms with van der Waals surface area (Å²) in [6, 6.07) is 7.27. The van der Waals surface area contributed by atoms with E-state index in [0.29, 0.717) is 50.8 Å². The number of aromatic nitrogens is 2. The number of hydrogen-bond donors (Lipinski definition) is 2. The van der Waals surface area contributed by atoms with Crippen LogP contribution < -0.4 is 21.3 Å². The lowest BCUT2D eigenvalue weighted by atomic mass is 10.3. The van der Waals surface area contributed by atoms with Gasteiger partial charge in [0, 0.05) is 58.5 Å². The van der Waals surface area contributed by atoms with E-state index in [2.05, 4.69) is 5.32 Å². The molecular formula is C19H27N5O6. The van der Waals surface area contributed by atoms with Crippen LogP contribution in [-0.2, 0) is 14.1 Å². The lowest BCUT2D eigenvalue weighted by molar-refractivity contribution is -0.384. The Labute approximate surface area is 173 Å². The highest BCUT2D eigenvalue weighted by Crippen LogP contribution is 2.17. The quantitative estimate of drug-likeness (QED) is 0.282. The lowest BCUT2D eigenvalue weighted by Gasteiger charge is -2.22. The van der Waals surface area contributed by atoms with Crippen LogP contribution in [0.15, 0.2) is 39.9 Å². The Kier molecular flexibility index (Phi) is 8.56. The molecule has 1 heterocycles. The van der Waals surface area contributed by atoms with Gasteiger partial charge in [0.2, 0.25) is 0 Å². The number of nitrogens with one attached hydrogen (secondary N) is 1. The van der Waals surface area contributed by atoms with E-state index in [-0.39, 0.29) is 17.9 Å². The number of aliphatic hydroxyl groups excluding tert-OH is 1. The Morgan fingerprint density at radius 1 is 1.13 bits per heavy atom. The van der Waals surface area contributed by atoms with Crippen LogP contribution in [-0.4, -0.2) is 63.5 Å². The monoisotopic (exact) mass is 421 g/mol. The molecule has 1 aromatic carbocycles. The predicted molar refractivity (Wildman–Crippen MR) is 112 cm³/mol. The first-order chi connectivity index (χ1) is 14.3. The number of anilines is 1. The number of aliphatic hydroxyl groups is 1. The van der Waals surface area contributed by atoms with Gasteiger partial charge in [-0.15, -0.1) is 0 Å². The molecule has 164 valence electrons. The van der Waals surface area contributed by atoms with Gasteiger partial charge < -0.3 is 15.2 Å². The van der Waals surface area contributed by atoms with Gasteiger partial charge in [0.25, 0.3) is 11.2 Å². The molecule has 0 bridgehead atoms. The second kappa shape index (κ2) is 11.1. The summed E-state index contributed by atoms with van der Waals surface area (Å²) in [6.07, 6.45) is 0.696. The Morgan fingerprint density at radius 3 is 2.47 bits per heavy atom. The average molecular weight is 421 g/mol. The molecule has 0 radical (unpaired) electrons. The van der Waals surface area contributed by atoms with Gasteiger partial charge in [-0.3, -0.25) is 28.9 Å². The normalized spacial score (nSPS) is 10.9. The average Bonchev–Trinajstić information content (AvgIpc) is 2.73. The zero-order valence-electron chi connectivity index (χ0n) is 17.1. The molecule has 0 amide bonds. The summed E-state index contributed by atoms with van der Waals surface area (Å²) >= 11 is 0. The van der Waals surface area contributed by atoms with Crippen molar-refractivity contribution in [2.24, 2.45) is 14.1 Å². The molecule has 0 fully saturated rings. The predicted octanol–water partition coefficient (Wildman–Crippen LogP) is 0.167. The SMILES string of the molecule is Cn1c(NCCN(CCO)CCCOc2ccc([N+](=O)[O-])cc2)cc(=O)n(C)c1=O. The Bertz CT molecular complexity index is 953. The highest BCUT2D eigenvalue weighted by Gasteiger charge is 2.08. The van der Waals surface area contributed by atoms with E-state index in [0.717, 1.165) is 4.57 Å². The topological polar surface area (TPSA) is 132 Å². The van der Waals surface area contributed by atoms with Crippen LogP contribution >= 0.6 is 0 Å². The summed E-state index contributed by atoms with van der Waals surface area (Å²) in [5, 5.41) is 23.0. The van der Waals surface area contributed by atoms with Gasteiger partial charge in [-0.2, -0.15) is 0 Å². The fourth-order valence-corrected chi connectivity index (χ4v) is 2.86. The molecule has 1 aromatic heterocycles. The molecule has 0 aliphatic rings. The molecule has 0 saturated heterocycles. The van der Waals surface area contributed by atoms with Gasteiger partial charge in [-0.1, -0.05) is 0 Å². The lowest BCUT2D eigenvalue weighted by Crippen LogP contribution is -2.38. The Hall–Kier alpha value is -3.18. The Balaban J connectivity index is 1.79. The van der Waals surface area contributed by atoms with E-state index in [1.54, 1.807) is 19.2 Å². The maximum Gasteiger partial charge on any atom is 0.332 e. The van der Waals surface area contributed by atoms with E-state index in [9.17, 15) is 24.8 Å². The third kappa shape index (κ3) is 6.42. The number of rotatable bonds is 12. The maximum absolute atomic E-state index is 11.9. The number of non-ortho nitro benzene ring substituents is 1. The number of nitrogens with zero attached hydrogens (tertiary/aromatic N) is 4. The minimum Gasteiger partial charge on any atom is -0.494 e. The molecule has 11 nitrogen and oxygen atoms in total. The van der Waals surface area contributed by atoms with E-state index >= 15 is 0 Å². The van der Waals surface area contributed by atoms with E-state index in [4.69, 9.17) is 4.74 Å². The van der Waals surface area contributed by atoms with Crippen molar-refractivity contribution in [1.82, 2.24) is 14.0 Å². The van der Waals surface area contributed by atoms with Gasteiger partial charge in [0.1, 0.15) is 11.6 Å². The van der Waals surface area contributed by atoms with Crippen molar-refractivity contribution in [3.63, 3.8) is 0 Å². The number of ether oxygens (including phenoxy) is 1. The molecular weight excluding hydrogens is 394 g/mol. The minimum atomic E-state index is -0.463. The molecule has 0 saturated carbocycles. The van der Waals surface area contributed by atoms with Crippen molar-refractivity contribution in [2.45, 2.75) is 6.42 Å². The fraction of sp³-hybridized carbons (Fsp3) is 0.474. The highest BCUT2D eigenvalue weighted by molar-refractivity contribution is 5.36. The van der Waals surface area contributed by atoms with Crippen molar-refractivity contribution < 1.29 is 14.8 Å². The molecule has 2 rings (SSSR count). The maximum atomic E-state index is 11.9. The van der Waals surface area contributed by atoms with E-state index in [1.807, 2.05) is 4.90 Å². The summed E-state index contributed by atoms with van der Waals surface area (Å²) in [5.74, 6) is 0.996. The van der Waals surface area contributed by atoms with Crippen LogP contribution in [0, 0.1) is 10.1 Å². The smallest absolute Gasteiger partial charge is 0.332 e.